The highest BCUT2D eigenvalue weighted by atomic mass is 15.3. The molecule has 0 amide bonds. The van der Waals surface area contributed by atoms with Crippen molar-refractivity contribution in [3.05, 3.63) is 24.0 Å². The topological polar surface area (TPSA) is 43.2 Å². The van der Waals surface area contributed by atoms with Crippen molar-refractivity contribution < 1.29 is 0 Å². The van der Waals surface area contributed by atoms with Gasteiger partial charge in [-0.1, -0.05) is 0 Å². The molecule has 0 atom stereocenters. The molecule has 1 aromatic rings. The van der Waals surface area contributed by atoms with Crippen molar-refractivity contribution >= 4 is 5.69 Å². The average molecular weight is 244 g/mol. The van der Waals surface area contributed by atoms with Gasteiger partial charge in [-0.2, -0.15) is 5.26 Å². The Hall–Kier alpha value is -1.60. The molecule has 0 aliphatic carbocycles. The van der Waals surface area contributed by atoms with E-state index in [1.54, 1.807) is 6.20 Å². The maximum Gasteiger partial charge on any atom is 0.142 e. The van der Waals surface area contributed by atoms with E-state index in [9.17, 15) is 0 Å². The quantitative estimate of drug-likeness (QED) is 0.756. The summed E-state index contributed by atoms with van der Waals surface area (Å²) in [5, 5.41) is 8.87. The number of pyridine rings is 1. The molecular formula is C14H20N4. The van der Waals surface area contributed by atoms with Crippen LogP contribution in [0.15, 0.2) is 18.3 Å². The molecule has 18 heavy (non-hydrogen) atoms. The molecular weight excluding hydrogens is 224 g/mol. The van der Waals surface area contributed by atoms with Crippen LogP contribution in [-0.4, -0.2) is 41.6 Å². The van der Waals surface area contributed by atoms with Gasteiger partial charge in [0, 0.05) is 43.6 Å². The normalized spacial score (nSPS) is 17.6. The fourth-order valence-electron chi connectivity index (χ4n) is 2.31. The molecule has 0 spiro atoms. The zero-order valence-corrected chi connectivity index (χ0v) is 11.3. The van der Waals surface area contributed by atoms with Crippen molar-refractivity contribution in [2.45, 2.75) is 26.3 Å². The highest BCUT2D eigenvalue weighted by molar-refractivity contribution is 5.49. The maximum absolute atomic E-state index is 8.87. The molecule has 1 fully saturated rings. The molecule has 4 heteroatoms. The number of nitrogens with zero attached hydrogens (tertiary/aromatic N) is 4. The Bertz CT molecular complexity index is 448. The second-order valence-electron chi connectivity index (χ2n) is 5.66. The van der Waals surface area contributed by atoms with Crippen molar-refractivity contribution in [3.63, 3.8) is 0 Å². The van der Waals surface area contributed by atoms with E-state index in [0.717, 1.165) is 31.9 Å². The second kappa shape index (κ2) is 4.95. The highest BCUT2D eigenvalue weighted by Crippen LogP contribution is 2.20. The molecule has 0 saturated carbocycles. The largest absolute Gasteiger partial charge is 0.369 e. The van der Waals surface area contributed by atoms with Crippen molar-refractivity contribution in [2.24, 2.45) is 0 Å². The van der Waals surface area contributed by atoms with Crippen LogP contribution in [0.25, 0.3) is 0 Å². The van der Waals surface area contributed by atoms with E-state index in [2.05, 4.69) is 41.6 Å². The number of hydrogen-bond donors (Lipinski definition) is 0. The molecule has 1 aliphatic rings. The monoisotopic (exact) mass is 244 g/mol. The Morgan fingerprint density at radius 2 is 1.89 bits per heavy atom. The average Bonchev–Trinajstić information content (AvgIpc) is 2.38. The van der Waals surface area contributed by atoms with Crippen LogP contribution in [0.5, 0.6) is 0 Å². The number of piperazine rings is 1. The first-order valence-electron chi connectivity index (χ1n) is 6.37. The third-order valence-corrected chi connectivity index (χ3v) is 3.45. The van der Waals surface area contributed by atoms with E-state index in [1.807, 2.05) is 12.1 Å². The third-order valence-electron chi connectivity index (χ3n) is 3.45. The van der Waals surface area contributed by atoms with Gasteiger partial charge in [0.2, 0.25) is 0 Å². The van der Waals surface area contributed by atoms with Gasteiger partial charge in [-0.3, -0.25) is 4.90 Å². The summed E-state index contributed by atoms with van der Waals surface area (Å²) >= 11 is 0. The van der Waals surface area contributed by atoms with E-state index in [1.165, 1.54) is 0 Å². The lowest BCUT2D eigenvalue weighted by molar-refractivity contribution is 0.128. The van der Waals surface area contributed by atoms with Gasteiger partial charge in [0.1, 0.15) is 11.8 Å². The summed E-state index contributed by atoms with van der Waals surface area (Å²) < 4.78 is 0. The van der Waals surface area contributed by atoms with Crippen molar-refractivity contribution in [3.8, 4) is 6.07 Å². The van der Waals surface area contributed by atoms with Crippen LogP contribution in [0.1, 0.15) is 26.5 Å². The van der Waals surface area contributed by atoms with Crippen molar-refractivity contribution in [1.82, 2.24) is 9.88 Å². The Morgan fingerprint density at radius 3 is 2.44 bits per heavy atom. The van der Waals surface area contributed by atoms with E-state index in [0.29, 0.717) is 5.69 Å². The van der Waals surface area contributed by atoms with E-state index in [-0.39, 0.29) is 5.54 Å². The Kier molecular flexibility index (Phi) is 3.53. The summed E-state index contributed by atoms with van der Waals surface area (Å²) in [5.74, 6) is 0. The molecule has 1 saturated heterocycles. The maximum atomic E-state index is 8.87. The predicted molar refractivity (Wildman–Crippen MR) is 72.5 cm³/mol. The minimum absolute atomic E-state index is 0.238. The minimum Gasteiger partial charge on any atom is -0.369 e. The van der Waals surface area contributed by atoms with Crippen molar-refractivity contribution in [1.29, 1.82) is 5.26 Å². The summed E-state index contributed by atoms with van der Waals surface area (Å²) in [7, 11) is 0. The SMILES string of the molecule is CC(C)(C)N1CCN(c2ccnc(C#N)c2)CC1. The van der Waals surface area contributed by atoms with Crippen LogP contribution in [0, 0.1) is 11.3 Å². The van der Waals surface area contributed by atoms with Crippen LogP contribution in [-0.2, 0) is 0 Å². The van der Waals surface area contributed by atoms with E-state index >= 15 is 0 Å². The summed E-state index contributed by atoms with van der Waals surface area (Å²) in [5.41, 5.74) is 1.84. The van der Waals surface area contributed by atoms with Crippen LogP contribution >= 0.6 is 0 Å². The molecule has 0 unspecified atom stereocenters. The molecule has 1 aliphatic heterocycles. The molecule has 1 aromatic heterocycles. The number of aromatic nitrogens is 1. The summed E-state index contributed by atoms with van der Waals surface area (Å²) in [6, 6.07) is 5.94. The van der Waals surface area contributed by atoms with Gasteiger partial charge in [-0.05, 0) is 32.9 Å². The zero-order chi connectivity index (χ0) is 13.2. The lowest BCUT2D eigenvalue weighted by atomic mass is 10.0. The molecule has 2 heterocycles. The van der Waals surface area contributed by atoms with Gasteiger partial charge >= 0.3 is 0 Å². The minimum atomic E-state index is 0.238. The van der Waals surface area contributed by atoms with Crippen molar-refractivity contribution in [2.75, 3.05) is 31.1 Å². The standard InChI is InChI=1S/C14H20N4/c1-14(2,3)18-8-6-17(7-9-18)13-4-5-16-12(10-13)11-15/h4-5,10H,6-9H2,1-3H3. The van der Waals surface area contributed by atoms with E-state index in [4.69, 9.17) is 5.26 Å². The molecule has 0 aromatic carbocycles. The Labute approximate surface area is 109 Å². The zero-order valence-electron chi connectivity index (χ0n) is 11.3. The first kappa shape index (κ1) is 12.8. The number of hydrogen-bond acceptors (Lipinski definition) is 4. The molecule has 0 N–H and O–H groups in total. The van der Waals surface area contributed by atoms with Crippen LogP contribution in [0.4, 0.5) is 5.69 Å². The molecule has 2 rings (SSSR count). The molecule has 0 bridgehead atoms. The van der Waals surface area contributed by atoms with Gasteiger partial charge in [0.05, 0.1) is 0 Å². The van der Waals surface area contributed by atoms with Gasteiger partial charge in [0.25, 0.3) is 0 Å². The van der Waals surface area contributed by atoms with Gasteiger partial charge < -0.3 is 4.90 Å². The number of rotatable bonds is 1. The second-order valence-corrected chi connectivity index (χ2v) is 5.66. The first-order valence-corrected chi connectivity index (χ1v) is 6.37. The number of anilines is 1. The van der Waals surface area contributed by atoms with Gasteiger partial charge in [-0.15, -0.1) is 0 Å². The van der Waals surface area contributed by atoms with Gasteiger partial charge in [0.15, 0.2) is 0 Å². The first-order chi connectivity index (χ1) is 8.50. The Balaban J connectivity index is 2.04. The number of nitriles is 1. The summed E-state index contributed by atoms with van der Waals surface area (Å²) in [6.07, 6.45) is 1.71. The van der Waals surface area contributed by atoms with E-state index < -0.39 is 0 Å². The van der Waals surface area contributed by atoms with Crippen LogP contribution < -0.4 is 4.90 Å². The lowest BCUT2D eigenvalue weighted by Gasteiger charge is -2.43. The summed E-state index contributed by atoms with van der Waals surface area (Å²) in [6.45, 7) is 10.9. The summed E-state index contributed by atoms with van der Waals surface area (Å²) in [4.78, 5) is 8.83. The third kappa shape index (κ3) is 2.80. The Morgan fingerprint density at radius 1 is 1.22 bits per heavy atom. The van der Waals surface area contributed by atoms with Gasteiger partial charge in [-0.25, -0.2) is 4.98 Å². The molecule has 4 nitrogen and oxygen atoms in total. The highest BCUT2D eigenvalue weighted by Gasteiger charge is 2.25. The van der Waals surface area contributed by atoms with Crippen LogP contribution in [0.2, 0.25) is 0 Å². The predicted octanol–water partition coefficient (Wildman–Crippen LogP) is 1.87. The smallest absolute Gasteiger partial charge is 0.142 e. The molecule has 96 valence electrons. The fraction of sp³-hybridized carbons (Fsp3) is 0.571. The molecule has 0 radical (unpaired) electrons. The lowest BCUT2D eigenvalue weighted by Crippen LogP contribution is -2.53. The van der Waals surface area contributed by atoms with Crippen LogP contribution in [0.3, 0.4) is 0 Å². The fourth-order valence-corrected chi connectivity index (χ4v) is 2.31.